The number of halogens is 3. The average Bonchev–Trinajstić information content (AvgIpc) is 2.57. The molecule has 14 heavy (non-hydrogen) atoms. The van der Waals surface area contributed by atoms with Crippen LogP contribution in [0.15, 0.2) is 27.5 Å². The van der Waals surface area contributed by atoms with Crippen molar-refractivity contribution in [3.05, 3.63) is 34.6 Å². The van der Waals surface area contributed by atoms with E-state index in [9.17, 15) is 8.78 Å². The van der Waals surface area contributed by atoms with Gasteiger partial charge in [-0.2, -0.15) is 4.98 Å². The van der Waals surface area contributed by atoms with Crippen LogP contribution in [0.5, 0.6) is 0 Å². The molecule has 0 radical (unpaired) electrons. The summed E-state index contributed by atoms with van der Waals surface area (Å²) in [4.78, 5) is 3.80. The Morgan fingerprint density at radius 2 is 2.00 bits per heavy atom. The number of nitrogens with zero attached hydrogens (tertiary/aromatic N) is 2. The number of rotatable bonds is 1. The van der Waals surface area contributed by atoms with E-state index in [-0.39, 0.29) is 10.6 Å². The molecule has 0 N–H and O–H groups in total. The molecule has 6 heteroatoms. The average molecular weight is 261 g/mol. The normalized spacial score (nSPS) is 10.5. The van der Waals surface area contributed by atoms with E-state index in [1.807, 2.05) is 0 Å². The molecule has 0 amide bonds. The van der Waals surface area contributed by atoms with Crippen LogP contribution in [0.4, 0.5) is 8.78 Å². The van der Waals surface area contributed by atoms with Crippen LogP contribution in [-0.2, 0) is 0 Å². The molecular weight excluding hydrogens is 258 g/mol. The summed E-state index contributed by atoms with van der Waals surface area (Å²) in [6.07, 6.45) is 0. The first-order valence-electron chi connectivity index (χ1n) is 3.61. The third-order valence-corrected chi connectivity index (χ3v) is 1.89. The first kappa shape index (κ1) is 9.26. The van der Waals surface area contributed by atoms with Crippen LogP contribution in [-0.4, -0.2) is 10.1 Å². The van der Waals surface area contributed by atoms with Crippen LogP contribution in [0.25, 0.3) is 11.5 Å². The molecule has 1 aromatic heterocycles. The van der Waals surface area contributed by atoms with Gasteiger partial charge in [0.05, 0.1) is 0 Å². The Labute approximate surface area is 85.9 Å². The largest absolute Gasteiger partial charge is 0.333 e. The molecule has 0 saturated heterocycles. The second-order valence-corrected chi connectivity index (χ2v) is 3.21. The molecule has 0 spiro atoms. The summed E-state index contributed by atoms with van der Waals surface area (Å²) in [7, 11) is 0. The minimum Gasteiger partial charge on any atom is -0.333 e. The zero-order chi connectivity index (χ0) is 10.1. The van der Waals surface area contributed by atoms with Gasteiger partial charge in [0.1, 0.15) is 0 Å². The van der Waals surface area contributed by atoms with Crippen LogP contribution >= 0.6 is 15.9 Å². The molecule has 0 aliphatic rings. The van der Waals surface area contributed by atoms with Gasteiger partial charge in [0.2, 0.25) is 4.73 Å². The molecule has 72 valence electrons. The van der Waals surface area contributed by atoms with Crippen LogP contribution in [0.3, 0.4) is 0 Å². The highest BCUT2D eigenvalue weighted by molar-refractivity contribution is 9.10. The summed E-state index contributed by atoms with van der Waals surface area (Å²) in [6, 6.07) is 3.36. The molecule has 0 unspecified atom stereocenters. The van der Waals surface area contributed by atoms with Crippen LogP contribution in [0, 0.1) is 11.6 Å². The van der Waals surface area contributed by atoms with Gasteiger partial charge in [-0.15, -0.1) is 0 Å². The predicted molar refractivity (Wildman–Crippen MR) is 47.3 cm³/mol. The van der Waals surface area contributed by atoms with Crippen LogP contribution < -0.4 is 0 Å². The van der Waals surface area contributed by atoms with Crippen molar-refractivity contribution in [1.82, 2.24) is 10.1 Å². The van der Waals surface area contributed by atoms with E-state index in [1.165, 1.54) is 6.07 Å². The fraction of sp³-hybridized carbons (Fsp3) is 0. The van der Waals surface area contributed by atoms with Gasteiger partial charge >= 0.3 is 0 Å². The van der Waals surface area contributed by atoms with Crippen molar-refractivity contribution < 1.29 is 13.3 Å². The van der Waals surface area contributed by atoms with Gasteiger partial charge in [0.25, 0.3) is 5.89 Å². The highest BCUT2D eigenvalue weighted by Gasteiger charge is 2.09. The Hall–Kier alpha value is -1.30. The number of aromatic nitrogens is 2. The van der Waals surface area contributed by atoms with Crippen molar-refractivity contribution in [2.75, 3.05) is 0 Å². The highest BCUT2D eigenvalue weighted by Crippen LogP contribution is 2.20. The molecule has 1 aromatic carbocycles. The maximum Gasteiger partial charge on any atom is 0.258 e. The quantitative estimate of drug-likeness (QED) is 0.792. The minimum absolute atomic E-state index is 0.135. The SMILES string of the molecule is Fc1ccc(-c2nc(Br)no2)cc1F. The molecule has 0 bridgehead atoms. The Kier molecular flexibility index (Phi) is 2.28. The Morgan fingerprint density at radius 1 is 1.21 bits per heavy atom. The molecule has 0 fully saturated rings. The maximum atomic E-state index is 12.8. The Bertz CT molecular complexity index is 472. The molecule has 2 aromatic rings. The molecule has 0 saturated carbocycles. The summed E-state index contributed by atoms with van der Waals surface area (Å²) in [5.74, 6) is -1.72. The summed E-state index contributed by atoms with van der Waals surface area (Å²) >= 11 is 2.98. The lowest BCUT2D eigenvalue weighted by atomic mass is 10.2. The molecule has 0 atom stereocenters. The van der Waals surface area contributed by atoms with Gasteiger partial charge in [-0.05, 0) is 39.3 Å². The van der Waals surface area contributed by atoms with Crippen molar-refractivity contribution in [2.45, 2.75) is 0 Å². The lowest BCUT2D eigenvalue weighted by Gasteiger charge is -1.94. The molecule has 1 heterocycles. The summed E-state index contributed by atoms with van der Waals surface area (Å²) in [6.45, 7) is 0. The lowest BCUT2D eigenvalue weighted by molar-refractivity contribution is 0.425. The van der Waals surface area contributed by atoms with Crippen molar-refractivity contribution in [2.24, 2.45) is 0 Å². The Balaban J connectivity index is 2.47. The number of benzene rings is 1. The molecule has 2 rings (SSSR count). The monoisotopic (exact) mass is 260 g/mol. The van der Waals surface area contributed by atoms with E-state index < -0.39 is 11.6 Å². The van der Waals surface area contributed by atoms with Crippen LogP contribution in [0.2, 0.25) is 0 Å². The highest BCUT2D eigenvalue weighted by atomic mass is 79.9. The van der Waals surface area contributed by atoms with E-state index in [2.05, 4.69) is 26.1 Å². The fourth-order valence-corrected chi connectivity index (χ4v) is 1.19. The van der Waals surface area contributed by atoms with Gasteiger partial charge in [-0.1, -0.05) is 0 Å². The zero-order valence-corrected chi connectivity index (χ0v) is 8.25. The van der Waals surface area contributed by atoms with Gasteiger partial charge in [0, 0.05) is 5.56 Å². The fourth-order valence-electron chi connectivity index (χ4n) is 0.952. The second-order valence-electron chi connectivity index (χ2n) is 2.50. The van der Waals surface area contributed by atoms with Crippen molar-refractivity contribution in [1.29, 1.82) is 0 Å². The number of hydrogen-bond donors (Lipinski definition) is 0. The lowest BCUT2D eigenvalue weighted by Crippen LogP contribution is -1.85. The van der Waals surface area contributed by atoms with E-state index in [4.69, 9.17) is 4.52 Å². The summed E-state index contributed by atoms with van der Waals surface area (Å²) in [5, 5.41) is 3.46. The van der Waals surface area contributed by atoms with Gasteiger partial charge in [0.15, 0.2) is 11.6 Å². The van der Waals surface area contributed by atoms with Gasteiger partial charge < -0.3 is 4.52 Å². The maximum absolute atomic E-state index is 12.8. The molecule has 3 nitrogen and oxygen atoms in total. The first-order chi connectivity index (χ1) is 6.66. The summed E-state index contributed by atoms with van der Waals surface area (Å²) < 4.78 is 30.4. The topological polar surface area (TPSA) is 38.9 Å². The van der Waals surface area contributed by atoms with Gasteiger partial charge in [-0.3, -0.25) is 0 Å². The van der Waals surface area contributed by atoms with Crippen molar-refractivity contribution >= 4 is 15.9 Å². The predicted octanol–water partition coefficient (Wildman–Crippen LogP) is 2.78. The molecule has 0 aliphatic heterocycles. The van der Waals surface area contributed by atoms with Crippen molar-refractivity contribution in [3.63, 3.8) is 0 Å². The molecular formula is C8H3BrF2N2O. The Morgan fingerprint density at radius 3 is 2.57 bits per heavy atom. The molecule has 0 aliphatic carbocycles. The third kappa shape index (κ3) is 1.65. The van der Waals surface area contributed by atoms with E-state index in [0.717, 1.165) is 12.1 Å². The minimum atomic E-state index is -0.947. The standard InChI is InChI=1S/C8H3BrF2N2O/c9-8-12-7(14-13-8)4-1-2-5(10)6(11)3-4/h1-3H. The smallest absolute Gasteiger partial charge is 0.258 e. The summed E-state index contributed by atoms with van der Waals surface area (Å²) in [5.41, 5.74) is 0.335. The first-order valence-corrected chi connectivity index (χ1v) is 4.41. The van der Waals surface area contributed by atoms with Crippen LogP contribution in [0.1, 0.15) is 0 Å². The third-order valence-electron chi connectivity index (χ3n) is 1.57. The van der Waals surface area contributed by atoms with Gasteiger partial charge in [-0.25, -0.2) is 8.78 Å². The van der Waals surface area contributed by atoms with E-state index in [0.29, 0.717) is 5.56 Å². The van der Waals surface area contributed by atoms with Crippen molar-refractivity contribution in [3.8, 4) is 11.5 Å². The second kappa shape index (κ2) is 3.45. The zero-order valence-electron chi connectivity index (χ0n) is 6.67. The number of hydrogen-bond acceptors (Lipinski definition) is 3. The van der Waals surface area contributed by atoms with E-state index in [1.54, 1.807) is 0 Å². The van der Waals surface area contributed by atoms with E-state index >= 15 is 0 Å².